The summed E-state index contributed by atoms with van der Waals surface area (Å²) in [5, 5.41) is 10.4. The van der Waals surface area contributed by atoms with Gasteiger partial charge >= 0.3 is 0 Å². The summed E-state index contributed by atoms with van der Waals surface area (Å²) in [6.45, 7) is 4.74. The second-order valence-corrected chi connectivity index (χ2v) is 8.75. The van der Waals surface area contributed by atoms with E-state index in [1.807, 2.05) is 49.1 Å². The molecule has 1 fully saturated rings. The molecule has 0 saturated carbocycles. The molecule has 0 spiro atoms. The fourth-order valence-electron chi connectivity index (χ4n) is 3.51. The van der Waals surface area contributed by atoms with Gasteiger partial charge in [0, 0.05) is 44.2 Å². The van der Waals surface area contributed by atoms with E-state index in [0.29, 0.717) is 18.0 Å². The van der Waals surface area contributed by atoms with Crippen molar-refractivity contribution in [2.45, 2.75) is 19.2 Å². The predicted octanol–water partition coefficient (Wildman–Crippen LogP) is 3.12. The minimum Gasteiger partial charge on any atom is -0.493 e. The Morgan fingerprint density at radius 3 is 2.55 bits per heavy atom. The van der Waals surface area contributed by atoms with E-state index < -0.39 is 6.10 Å². The van der Waals surface area contributed by atoms with Crippen molar-refractivity contribution in [1.29, 1.82) is 0 Å². The van der Waals surface area contributed by atoms with Crippen molar-refractivity contribution in [1.82, 2.24) is 9.80 Å². The zero-order chi connectivity index (χ0) is 20.5. The first kappa shape index (κ1) is 22.0. The first-order chi connectivity index (χ1) is 14.1. The molecule has 0 aromatic heterocycles. The average molecular weight is 417 g/mol. The molecule has 0 unspecified atom stereocenters. The fourth-order valence-corrected chi connectivity index (χ4v) is 4.49. The maximum Gasteiger partial charge on any atom is 0.161 e. The lowest BCUT2D eigenvalue weighted by Crippen LogP contribution is -2.33. The van der Waals surface area contributed by atoms with Gasteiger partial charge in [-0.1, -0.05) is 36.4 Å². The summed E-state index contributed by atoms with van der Waals surface area (Å²) < 4.78 is 11.4. The van der Waals surface area contributed by atoms with Crippen LogP contribution in [-0.2, 0) is 13.1 Å². The second-order valence-electron chi connectivity index (χ2n) is 7.52. The SMILES string of the molecule is COc1ccc(CN2CCSCC2)cc1OC[C@@H](O)CN(C)Cc1ccccc1. The molecule has 2 aromatic carbocycles. The van der Waals surface area contributed by atoms with Gasteiger partial charge in [-0.05, 0) is 30.3 Å². The molecule has 29 heavy (non-hydrogen) atoms. The molecule has 0 aliphatic carbocycles. The smallest absolute Gasteiger partial charge is 0.161 e. The van der Waals surface area contributed by atoms with Crippen LogP contribution in [0.5, 0.6) is 11.5 Å². The van der Waals surface area contributed by atoms with Crippen molar-refractivity contribution >= 4 is 11.8 Å². The third-order valence-electron chi connectivity index (χ3n) is 4.99. The second kappa shape index (κ2) is 11.5. The molecule has 1 saturated heterocycles. The highest BCUT2D eigenvalue weighted by Crippen LogP contribution is 2.29. The van der Waals surface area contributed by atoms with E-state index in [9.17, 15) is 5.11 Å². The van der Waals surface area contributed by atoms with Gasteiger partial charge in [0.05, 0.1) is 7.11 Å². The third kappa shape index (κ3) is 7.23. The molecule has 1 heterocycles. The molecule has 2 aromatic rings. The van der Waals surface area contributed by atoms with Gasteiger partial charge in [-0.25, -0.2) is 0 Å². The van der Waals surface area contributed by atoms with Gasteiger partial charge < -0.3 is 14.6 Å². The summed E-state index contributed by atoms with van der Waals surface area (Å²) in [5.41, 5.74) is 2.44. The lowest BCUT2D eigenvalue weighted by molar-refractivity contribution is 0.0732. The average Bonchev–Trinajstić information content (AvgIpc) is 2.74. The van der Waals surface area contributed by atoms with Crippen molar-refractivity contribution in [2.75, 3.05) is 51.9 Å². The van der Waals surface area contributed by atoms with Crippen LogP contribution in [0.25, 0.3) is 0 Å². The number of hydrogen-bond donors (Lipinski definition) is 1. The van der Waals surface area contributed by atoms with Crippen LogP contribution >= 0.6 is 11.8 Å². The lowest BCUT2D eigenvalue weighted by atomic mass is 10.2. The van der Waals surface area contributed by atoms with Gasteiger partial charge in [0.2, 0.25) is 0 Å². The van der Waals surface area contributed by atoms with Crippen molar-refractivity contribution in [3.05, 3.63) is 59.7 Å². The van der Waals surface area contributed by atoms with E-state index in [4.69, 9.17) is 9.47 Å². The number of aliphatic hydroxyl groups excluding tert-OH is 1. The van der Waals surface area contributed by atoms with Gasteiger partial charge in [0.25, 0.3) is 0 Å². The standard InChI is InChI=1S/C23H32N2O3S/c1-24(15-19-6-4-3-5-7-19)17-21(26)18-28-23-14-20(8-9-22(23)27-2)16-25-10-12-29-13-11-25/h3-9,14,21,26H,10-13,15-18H2,1-2H3/t21-/m0/s1. The minimum atomic E-state index is -0.573. The van der Waals surface area contributed by atoms with Crippen molar-refractivity contribution in [3.63, 3.8) is 0 Å². The molecule has 0 bridgehead atoms. The normalized spacial score (nSPS) is 16.0. The zero-order valence-corrected chi connectivity index (χ0v) is 18.2. The molecule has 3 rings (SSSR count). The molecule has 5 nitrogen and oxygen atoms in total. The summed E-state index contributed by atoms with van der Waals surface area (Å²) >= 11 is 2.02. The number of thioether (sulfide) groups is 1. The summed E-state index contributed by atoms with van der Waals surface area (Å²) in [7, 11) is 3.65. The van der Waals surface area contributed by atoms with E-state index in [-0.39, 0.29) is 6.61 Å². The van der Waals surface area contributed by atoms with Crippen molar-refractivity contribution in [2.24, 2.45) is 0 Å². The van der Waals surface area contributed by atoms with Crippen molar-refractivity contribution < 1.29 is 14.6 Å². The highest BCUT2D eigenvalue weighted by atomic mass is 32.2. The van der Waals surface area contributed by atoms with Crippen LogP contribution in [0.15, 0.2) is 48.5 Å². The number of nitrogens with zero attached hydrogens (tertiary/aromatic N) is 2. The molecule has 1 aliphatic heterocycles. The summed E-state index contributed by atoms with van der Waals surface area (Å²) in [4.78, 5) is 4.57. The first-order valence-electron chi connectivity index (χ1n) is 10.1. The Kier molecular flexibility index (Phi) is 8.68. The van der Waals surface area contributed by atoms with Crippen LogP contribution in [0.3, 0.4) is 0 Å². The number of hydrogen-bond acceptors (Lipinski definition) is 6. The highest BCUT2D eigenvalue weighted by Gasteiger charge is 2.15. The minimum absolute atomic E-state index is 0.235. The number of likely N-dealkylation sites (N-methyl/N-ethyl adjacent to an activating group) is 1. The quantitative estimate of drug-likeness (QED) is 0.642. The van der Waals surface area contributed by atoms with E-state index in [0.717, 1.165) is 26.2 Å². The van der Waals surface area contributed by atoms with Crippen LogP contribution in [0, 0.1) is 0 Å². The number of ether oxygens (including phenoxy) is 2. The van der Waals surface area contributed by atoms with E-state index in [1.54, 1.807) is 7.11 Å². The third-order valence-corrected chi connectivity index (χ3v) is 5.93. The molecule has 1 atom stereocenters. The molecule has 6 heteroatoms. The van der Waals surface area contributed by atoms with Gasteiger partial charge in [-0.3, -0.25) is 9.80 Å². The molecule has 1 aliphatic rings. The largest absolute Gasteiger partial charge is 0.493 e. The highest BCUT2D eigenvalue weighted by molar-refractivity contribution is 7.99. The molecule has 0 radical (unpaired) electrons. The van der Waals surface area contributed by atoms with Crippen molar-refractivity contribution in [3.8, 4) is 11.5 Å². The molecule has 158 valence electrons. The molecular weight excluding hydrogens is 384 g/mol. The summed E-state index contributed by atoms with van der Waals surface area (Å²) in [6.07, 6.45) is -0.573. The number of benzene rings is 2. The van der Waals surface area contributed by atoms with Crippen LogP contribution in [0.1, 0.15) is 11.1 Å². The number of aliphatic hydroxyl groups is 1. The first-order valence-corrected chi connectivity index (χ1v) is 11.3. The van der Waals surface area contributed by atoms with Gasteiger partial charge in [0.15, 0.2) is 11.5 Å². The number of rotatable bonds is 10. The van der Waals surface area contributed by atoms with Gasteiger partial charge in [-0.2, -0.15) is 11.8 Å². The summed E-state index contributed by atoms with van der Waals surface area (Å²) in [6, 6.07) is 16.4. The molecule has 0 amide bonds. The summed E-state index contributed by atoms with van der Waals surface area (Å²) in [5.74, 6) is 3.79. The molecular formula is C23H32N2O3S. The van der Waals surface area contributed by atoms with Crippen LogP contribution < -0.4 is 9.47 Å². The van der Waals surface area contributed by atoms with Gasteiger partial charge in [-0.15, -0.1) is 0 Å². The van der Waals surface area contributed by atoms with Crippen LogP contribution in [-0.4, -0.2) is 72.9 Å². The maximum absolute atomic E-state index is 10.4. The Bertz CT molecular complexity index is 738. The van der Waals surface area contributed by atoms with E-state index in [2.05, 4.69) is 28.0 Å². The fraction of sp³-hybridized carbons (Fsp3) is 0.478. The maximum atomic E-state index is 10.4. The predicted molar refractivity (Wildman–Crippen MR) is 120 cm³/mol. The van der Waals surface area contributed by atoms with E-state index >= 15 is 0 Å². The lowest BCUT2D eigenvalue weighted by Gasteiger charge is -2.26. The Morgan fingerprint density at radius 2 is 1.83 bits per heavy atom. The molecule has 1 N–H and O–H groups in total. The topological polar surface area (TPSA) is 45.2 Å². The monoisotopic (exact) mass is 416 g/mol. The Labute approximate surface area is 178 Å². The van der Waals surface area contributed by atoms with Crippen LogP contribution in [0.4, 0.5) is 0 Å². The Balaban J connectivity index is 1.51. The zero-order valence-electron chi connectivity index (χ0n) is 17.4. The number of methoxy groups -OCH3 is 1. The Morgan fingerprint density at radius 1 is 1.07 bits per heavy atom. The van der Waals surface area contributed by atoms with E-state index in [1.165, 1.54) is 22.6 Å². The van der Waals surface area contributed by atoms with Crippen LogP contribution in [0.2, 0.25) is 0 Å². The Hall–Kier alpha value is -1.73. The van der Waals surface area contributed by atoms with Gasteiger partial charge in [0.1, 0.15) is 12.7 Å².